The zero-order valence-corrected chi connectivity index (χ0v) is 10.9. The number of nitrogens with one attached hydrogen (secondary N) is 1. The van der Waals surface area contributed by atoms with Crippen LogP contribution in [0, 0.1) is 11.3 Å². The minimum absolute atomic E-state index is 0.122. The van der Waals surface area contributed by atoms with Gasteiger partial charge < -0.3 is 11.1 Å². The summed E-state index contributed by atoms with van der Waals surface area (Å²) in [5.74, 6) is 0.885. The predicted octanol–water partition coefficient (Wildman–Crippen LogP) is 2.06. The van der Waals surface area contributed by atoms with E-state index in [4.69, 9.17) is 5.73 Å². The summed E-state index contributed by atoms with van der Waals surface area (Å²) in [6, 6.07) is 0.122. The third-order valence-corrected chi connectivity index (χ3v) is 3.29. The molecule has 0 aromatic heterocycles. The summed E-state index contributed by atoms with van der Waals surface area (Å²) in [4.78, 5) is 11.5. The van der Waals surface area contributed by atoms with Gasteiger partial charge in [-0.2, -0.15) is 0 Å². The molecule has 16 heavy (non-hydrogen) atoms. The minimum atomic E-state index is 0.122. The van der Waals surface area contributed by atoms with Crippen LogP contribution in [0.15, 0.2) is 0 Å². The van der Waals surface area contributed by atoms with Crippen molar-refractivity contribution in [1.82, 2.24) is 5.32 Å². The van der Waals surface area contributed by atoms with E-state index in [0.29, 0.717) is 11.8 Å². The van der Waals surface area contributed by atoms with E-state index in [2.05, 4.69) is 19.2 Å². The maximum absolute atomic E-state index is 11.5. The summed E-state index contributed by atoms with van der Waals surface area (Å²) >= 11 is 0. The zero-order chi connectivity index (χ0) is 12.2. The number of rotatable bonds is 7. The van der Waals surface area contributed by atoms with Crippen LogP contribution in [-0.2, 0) is 4.79 Å². The fraction of sp³-hybridized carbons (Fsp3) is 0.923. The normalized spacial score (nSPS) is 19.6. The van der Waals surface area contributed by atoms with E-state index in [1.807, 2.05) is 6.92 Å². The second-order valence-corrected chi connectivity index (χ2v) is 5.89. The van der Waals surface area contributed by atoms with Crippen molar-refractivity contribution < 1.29 is 4.79 Å². The van der Waals surface area contributed by atoms with Gasteiger partial charge in [0, 0.05) is 19.0 Å². The van der Waals surface area contributed by atoms with Gasteiger partial charge in [0.1, 0.15) is 0 Å². The zero-order valence-electron chi connectivity index (χ0n) is 10.9. The first-order chi connectivity index (χ1) is 7.43. The SMILES string of the molecule is CC(C)CC1(CNC(=O)CCC(C)N)CC1. The summed E-state index contributed by atoms with van der Waals surface area (Å²) in [6.45, 7) is 7.30. The molecular weight excluding hydrogens is 200 g/mol. The third kappa shape index (κ3) is 4.97. The van der Waals surface area contributed by atoms with Crippen molar-refractivity contribution >= 4 is 5.91 Å². The number of amides is 1. The largest absolute Gasteiger partial charge is 0.356 e. The molecule has 1 saturated carbocycles. The fourth-order valence-electron chi connectivity index (χ4n) is 2.23. The van der Waals surface area contributed by atoms with Crippen molar-refractivity contribution in [3.8, 4) is 0 Å². The van der Waals surface area contributed by atoms with Crippen molar-refractivity contribution in [3.05, 3.63) is 0 Å². The number of hydrogen-bond donors (Lipinski definition) is 2. The molecule has 1 unspecified atom stereocenters. The molecule has 0 spiro atoms. The van der Waals surface area contributed by atoms with Crippen molar-refractivity contribution in [1.29, 1.82) is 0 Å². The van der Waals surface area contributed by atoms with Crippen LogP contribution in [0.25, 0.3) is 0 Å². The van der Waals surface area contributed by atoms with Gasteiger partial charge in [0.15, 0.2) is 0 Å². The van der Waals surface area contributed by atoms with Crippen LogP contribution in [0.5, 0.6) is 0 Å². The standard InChI is InChI=1S/C13H26N2O/c1-10(2)8-13(6-7-13)9-15-12(16)5-4-11(3)14/h10-11H,4-9,14H2,1-3H3,(H,15,16). The van der Waals surface area contributed by atoms with Gasteiger partial charge in [-0.3, -0.25) is 4.79 Å². The first-order valence-electron chi connectivity index (χ1n) is 6.46. The highest BCUT2D eigenvalue weighted by molar-refractivity contribution is 5.75. The van der Waals surface area contributed by atoms with Crippen molar-refractivity contribution in [2.75, 3.05) is 6.54 Å². The van der Waals surface area contributed by atoms with E-state index < -0.39 is 0 Å². The molecule has 1 atom stereocenters. The minimum Gasteiger partial charge on any atom is -0.356 e. The lowest BCUT2D eigenvalue weighted by Crippen LogP contribution is -2.31. The number of nitrogens with two attached hydrogens (primary N) is 1. The van der Waals surface area contributed by atoms with Crippen LogP contribution in [0.1, 0.15) is 52.9 Å². The molecule has 3 nitrogen and oxygen atoms in total. The van der Waals surface area contributed by atoms with Crippen LogP contribution >= 0.6 is 0 Å². The van der Waals surface area contributed by atoms with E-state index in [0.717, 1.165) is 18.9 Å². The molecule has 0 radical (unpaired) electrons. The Morgan fingerprint density at radius 2 is 2.00 bits per heavy atom. The van der Waals surface area contributed by atoms with E-state index >= 15 is 0 Å². The van der Waals surface area contributed by atoms with Crippen LogP contribution in [-0.4, -0.2) is 18.5 Å². The molecule has 1 aliphatic carbocycles. The molecule has 1 amide bonds. The second-order valence-electron chi connectivity index (χ2n) is 5.89. The van der Waals surface area contributed by atoms with E-state index in [9.17, 15) is 4.79 Å². The molecule has 1 rings (SSSR count). The molecule has 0 heterocycles. The smallest absolute Gasteiger partial charge is 0.220 e. The molecule has 0 aromatic carbocycles. The third-order valence-electron chi connectivity index (χ3n) is 3.29. The van der Waals surface area contributed by atoms with Gasteiger partial charge in [-0.1, -0.05) is 13.8 Å². The van der Waals surface area contributed by atoms with Gasteiger partial charge in [-0.25, -0.2) is 0 Å². The molecule has 1 aliphatic rings. The first-order valence-corrected chi connectivity index (χ1v) is 6.46. The molecule has 0 aromatic rings. The molecule has 1 fully saturated rings. The predicted molar refractivity (Wildman–Crippen MR) is 67.0 cm³/mol. The van der Waals surface area contributed by atoms with Gasteiger partial charge in [-0.15, -0.1) is 0 Å². The van der Waals surface area contributed by atoms with Gasteiger partial charge in [-0.05, 0) is 43.9 Å². The summed E-state index contributed by atoms with van der Waals surface area (Å²) in [6.07, 6.45) is 5.14. The molecule has 94 valence electrons. The molecular formula is C13H26N2O. The van der Waals surface area contributed by atoms with Gasteiger partial charge in [0.05, 0.1) is 0 Å². The lowest BCUT2D eigenvalue weighted by molar-refractivity contribution is -0.121. The Kier molecular flexibility index (Phi) is 4.78. The van der Waals surface area contributed by atoms with Crippen LogP contribution in [0.2, 0.25) is 0 Å². The Bertz CT molecular complexity index is 232. The summed E-state index contributed by atoms with van der Waals surface area (Å²) < 4.78 is 0. The average Bonchev–Trinajstić information content (AvgIpc) is 2.91. The Labute approximate surface area is 99.2 Å². The Hall–Kier alpha value is -0.570. The van der Waals surface area contributed by atoms with E-state index in [1.54, 1.807) is 0 Å². The van der Waals surface area contributed by atoms with Crippen molar-refractivity contribution in [2.24, 2.45) is 17.1 Å². The van der Waals surface area contributed by atoms with Gasteiger partial charge >= 0.3 is 0 Å². The van der Waals surface area contributed by atoms with E-state index in [-0.39, 0.29) is 11.9 Å². The number of carbonyl (C=O) groups is 1. The second kappa shape index (κ2) is 5.67. The summed E-state index contributed by atoms with van der Waals surface area (Å²) in [7, 11) is 0. The van der Waals surface area contributed by atoms with Crippen LogP contribution in [0.4, 0.5) is 0 Å². The van der Waals surface area contributed by atoms with E-state index in [1.165, 1.54) is 19.3 Å². The van der Waals surface area contributed by atoms with Crippen molar-refractivity contribution in [2.45, 2.75) is 58.9 Å². The first kappa shape index (κ1) is 13.5. The quantitative estimate of drug-likeness (QED) is 0.698. The molecule has 3 heteroatoms. The number of hydrogen-bond acceptors (Lipinski definition) is 2. The Morgan fingerprint density at radius 3 is 2.44 bits per heavy atom. The maximum atomic E-state index is 11.5. The topological polar surface area (TPSA) is 55.1 Å². The number of carbonyl (C=O) groups excluding carboxylic acids is 1. The summed E-state index contributed by atoms with van der Waals surface area (Å²) in [5, 5.41) is 3.05. The highest BCUT2D eigenvalue weighted by Crippen LogP contribution is 2.49. The molecule has 0 bridgehead atoms. The Balaban J connectivity index is 2.16. The van der Waals surface area contributed by atoms with Crippen molar-refractivity contribution in [3.63, 3.8) is 0 Å². The monoisotopic (exact) mass is 226 g/mol. The molecule has 0 aliphatic heterocycles. The Morgan fingerprint density at radius 1 is 1.38 bits per heavy atom. The highest BCUT2D eigenvalue weighted by atomic mass is 16.1. The highest BCUT2D eigenvalue weighted by Gasteiger charge is 2.42. The van der Waals surface area contributed by atoms with Crippen LogP contribution < -0.4 is 11.1 Å². The lowest BCUT2D eigenvalue weighted by Gasteiger charge is -2.18. The molecule has 0 saturated heterocycles. The van der Waals surface area contributed by atoms with Crippen LogP contribution in [0.3, 0.4) is 0 Å². The fourth-order valence-corrected chi connectivity index (χ4v) is 2.23. The lowest BCUT2D eigenvalue weighted by atomic mass is 9.94. The van der Waals surface area contributed by atoms with Gasteiger partial charge in [0.25, 0.3) is 0 Å². The van der Waals surface area contributed by atoms with Gasteiger partial charge in [0.2, 0.25) is 5.91 Å². The maximum Gasteiger partial charge on any atom is 0.220 e. The molecule has 3 N–H and O–H groups in total. The summed E-state index contributed by atoms with van der Waals surface area (Å²) in [5.41, 5.74) is 6.05. The average molecular weight is 226 g/mol.